The summed E-state index contributed by atoms with van der Waals surface area (Å²) in [5, 5.41) is 21.2. The highest BCUT2D eigenvalue weighted by atomic mass is 19.1. The molecule has 1 unspecified atom stereocenters. The van der Waals surface area contributed by atoms with E-state index in [0.29, 0.717) is 61.6 Å². The Hall–Kier alpha value is -5.48. The first-order chi connectivity index (χ1) is 20.0. The minimum atomic E-state index is -0.941. The van der Waals surface area contributed by atoms with Crippen LogP contribution in [-0.2, 0) is 0 Å². The zero-order chi connectivity index (χ0) is 27.9. The average Bonchev–Trinajstić information content (AvgIpc) is 3.63. The molecule has 200 valence electrons. The van der Waals surface area contributed by atoms with Gasteiger partial charge in [0.25, 0.3) is 0 Å². The first-order valence-corrected chi connectivity index (χ1v) is 12.8. The standard InChI is InChI=1S/C31H21F2N7O/c32-24-9-5-4-8-21(24)22-10-11-35-29-27(22)37-30(38-29)28-23-13-18(14-25(33)26(23)39-40-28)19-12-20(16-34-15-19)36-31(41)17-6-2-1-3-7-17/h1-16,31,36,41H,(H,39,40)(H,35,37,38). The molecule has 0 fully saturated rings. The molecule has 1 atom stereocenters. The van der Waals surface area contributed by atoms with Crippen LogP contribution in [0, 0.1) is 11.6 Å². The summed E-state index contributed by atoms with van der Waals surface area (Å²) in [5.41, 5.74) is 4.97. The van der Waals surface area contributed by atoms with E-state index in [1.165, 1.54) is 12.1 Å². The summed E-state index contributed by atoms with van der Waals surface area (Å²) in [6.07, 6.45) is 3.84. The lowest BCUT2D eigenvalue weighted by atomic mass is 10.0. The third-order valence-corrected chi connectivity index (χ3v) is 6.89. The van der Waals surface area contributed by atoms with Crippen LogP contribution in [0.2, 0.25) is 0 Å². The highest BCUT2D eigenvalue weighted by Crippen LogP contribution is 2.34. The smallest absolute Gasteiger partial charge is 0.160 e. The summed E-state index contributed by atoms with van der Waals surface area (Å²) in [4.78, 5) is 16.5. The molecule has 0 saturated heterocycles. The number of nitrogens with zero attached hydrogens (tertiary/aromatic N) is 4. The molecule has 0 amide bonds. The van der Waals surface area contributed by atoms with E-state index >= 15 is 4.39 Å². The number of rotatable bonds is 6. The van der Waals surface area contributed by atoms with Gasteiger partial charge in [0.2, 0.25) is 0 Å². The molecule has 4 aromatic heterocycles. The monoisotopic (exact) mass is 545 g/mol. The summed E-state index contributed by atoms with van der Waals surface area (Å²) in [6.45, 7) is 0. The number of aliphatic hydroxyl groups excluding tert-OH is 1. The van der Waals surface area contributed by atoms with Gasteiger partial charge in [0.05, 0.1) is 11.9 Å². The molecular formula is C31H21F2N7O. The van der Waals surface area contributed by atoms with Crippen LogP contribution in [0.3, 0.4) is 0 Å². The number of hydrogen-bond donors (Lipinski definition) is 4. The Balaban J connectivity index is 1.28. The molecule has 0 bridgehead atoms. The van der Waals surface area contributed by atoms with Gasteiger partial charge in [-0.05, 0) is 35.9 Å². The highest BCUT2D eigenvalue weighted by molar-refractivity contribution is 5.97. The van der Waals surface area contributed by atoms with Gasteiger partial charge < -0.3 is 15.4 Å². The minimum Gasteiger partial charge on any atom is -0.369 e. The summed E-state index contributed by atoms with van der Waals surface area (Å²) in [7, 11) is 0. The maximum Gasteiger partial charge on any atom is 0.160 e. The molecule has 0 aliphatic rings. The third kappa shape index (κ3) is 4.46. The van der Waals surface area contributed by atoms with Crippen molar-refractivity contribution in [2.75, 3.05) is 5.32 Å². The molecule has 7 aromatic rings. The van der Waals surface area contributed by atoms with Crippen molar-refractivity contribution in [1.29, 1.82) is 0 Å². The van der Waals surface area contributed by atoms with E-state index in [2.05, 4.69) is 30.5 Å². The van der Waals surface area contributed by atoms with E-state index in [1.807, 2.05) is 30.3 Å². The Bertz CT molecular complexity index is 2040. The van der Waals surface area contributed by atoms with Gasteiger partial charge in [-0.2, -0.15) is 5.10 Å². The molecule has 0 spiro atoms. The lowest BCUT2D eigenvalue weighted by molar-refractivity contribution is 0.208. The fraction of sp³-hybridized carbons (Fsp3) is 0.0323. The minimum absolute atomic E-state index is 0.216. The number of aromatic amines is 2. The number of halogens is 2. The van der Waals surface area contributed by atoms with Crippen LogP contribution < -0.4 is 5.32 Å². The van der Waals surface area contributed by atoms with E-state index < -0.39 is 12.0 Å². The second-order valence-corrected chi connectivity index (χ2v) is 9.49. The van der Waals surface area contributed by atoms with Crippen LogP contribution in [0.4, 0.5) is 14.5 Å². The molecule has 7 rings (SSSR count). The van der Waals surface area contributed by atoms with Gasteiger partial charge in [-0.25, -0.2) is 18.7 Å². The molecule has 10 heteroatoms. The van der Waals surface area contributed by atoms with Crippen molar-refractivity contribution in [3.63, 3.8) is 0 Å². The van der Waals surface area contributed by atoms with Crippen molar-refractivity contribution >= 4 is 27.8 Å². The number of imidazole rings is 1. The lowest BCUT2D eigenvalue weighted by Crippen LogP contribution is -2.09. The maximum atomic E-state index is 15.3. The van der Waals surface area contributed by atoms with Gasteiger partial charge >= 0.3 is 0 Å². The number of aromatic nitrogens is 6. The van der Waals surface area contributed by atoms with Crippen molar-refractivity contribution in [3.05, 3.63) is 115 Å². The lowest BCUT2D eigenvalue weighted by Gasteiger charge is -2.15. The molecule has 8 nitrogen and oxygen atoms in total. The molecule has 41 heavy (non-hydrogen) atoms. The number of benzene rings is 3. The first kappa shape index (κ1) is 24.6. The summed E-state index contributed by atoms with van der Waals surface area (Å²) in [6, 6.07) is 22.3. The molecular weight excluding hydrogens is 524 g/mol. The van der Waals surface area contributed by atoms with E-state index in [1.54, 1.807) is 55.0 Å². The van der Waals surface area contributed by atoms with Gasteiger partial charge in [-0.1, -0.05) is 48.5 Å². The van der Waals surface area contributed by atoms with Crippen molar-refractivity contribution in [1.82, 2.24) is 30.1 Å². The molecule has 0 radical (unpaired) electrons. The van der Waals surface area contributed by atoms with Crippen molar-refractivity contribution in [2.24, 2.45) is 0 Å². The van der Waals surface area contributed by atoms with Gasteiger partial charge in [0.1, 0.15) is 28.4 Å². The Morgan fingerprint density at radius 3 is 2.51 bits per heavy atom. The predicted molar refractivity (Wildman–Crippen MR) is 153 cm³/mol. The first-order valence-electron chi connectivity index (χ1n) is 12.8. The summed E-state index contributed by atoms with van der Waals surface area (Å²) in [5.74, 6) is -0.512. The van der Waals surface area contributed by atoms with Crippen LogP contribution in [0.25, 0.3) is 55.8 Å². The fourth-order valence-electron chi connectivity index (χ4n) is 4.90. The quantitative estimate of drug-likeness (QED) is 0.175. The molecule has 0 saturated carbocycles. The number of hydrogen-bond acceptors (Lipinski definition) is 6. The molecule has 3 aromatic carbocycles. The second-order valence-electron chi connectivity index (χ2n) is 9.49. The average molecular weight is 546 g/mol. The van der Waals surface area contributed by atoms with Crippen molar-refractivity contribution in [2.45, 2.75) is 6.23 Å². The Kier molecular flexibility index (Phi) is 5.94. The fourth-order valence-corrected chi connectivity index (χ4v) is 4.90. The van der Waals surface area contributed by atoms with Gasteiger partial charge in [0.15, 0.2) is 17.7 Å². The Labute approximate surface area is 231 Å². The van der Waals surface area contributed by atoms with Crippen molar-refractivity contribution < 1.29 is 13.9 Å². The number of pyridine rings is 2. The van der Waals surface area contributed by atoms with Crippen LogP contribution in [0.15, 0.2) is 97.5 Å². The molecule has 4 N–H and O–H groups in total. The Morgan fingerprint density at radius 1 is 0.829 bits per heavy atom. The van der Waals surface area contributed by atoms with Gasteiger partial charge in [-0.15, -0.1) is 0 Å². The van der Waals surface area contributed by atoms with Crippen LogP contribution in [0.5, 0.6) is 0 Å². The number of anilines is 1. The number of aliphatic hydroxyl groups is 1. The number of nitrogens with one attached hydrogen (secondary N) is 3. The van der Waals surface area contributed by atoms with E-state index in [0.717, 1.165) is 0 Å². The van der Waals surface area contributed by atoms with Crippen molar-refractivity contribution in [3.8, 4) is 33.8 Å². The van der Waals surface area contributed by atoms with E-state index in [9.17, 15) is 9.50 Å². The van der Waals surface area contributed by atoms with Crippen LogP contribution in [0.1, 0.15) is 11.8 Å². The maximum absolute atomic E-state index is 15.3. The zero-order valence-corrected chi connectivity index (χ0v) is 21.3. The molecule has 0 aliphatic carbocycles. The van der Waals surface area contributed by atoms with Crippen LogP contribution >= 0.6 is 0 Å². The van der Waals surface area contributed by atoms with E-state index in [-0.39, 0.29) is 11.3 Å². The zero-order valence-electron chi connectivity index (χ0n) is 21.3. The molecule has 4 heterocycles. The summed E-state index contributed by atoms with van der Waals surface area (Å²) < 4.78 is 29.9. The normalized spacial score (nSPS) is 12.2. The number of H-pyrrole nitrogens is 2. The Morgan fingerprint density at radius 2 is 1.66 bits per heavy atom. The summed E-state index contributed by atoms with van der Waals surface area (Å²) >= 11 is 0. The predicted octanol–water partition coefficient (Wildman–Crippen LogP) is 6.61. The third-order valence-electron chi connectivity index (χ3n) is 6.89. The van der Waals surface area contributed by atoms with Crippen LogP contribution in [-0.4, -0.2) is 35.2 Å². The van der Waals surface area contributed by atoms with Gasteiger partial charge in [0, 0.05) is 40.0 Å². The SMILES string of the molecule is OC(Nc1cncc(-c2cc(F)c3[nH]nc(-c4nc5c(-c6ccccc6F)ccnc5[nH]4)c3c2)c1)c1ccccc1. The topological polar surface area (TPSA) is 115 Å². The molecule has 0 aliphatic heterocycles. The second kappa shape index (κ2) is 9.92. The highest BCUT2D eigenvalue weighted by Gasteiger charge is 2.19. The largest absolute Gasteiger partial charge is 0.369 e. The van der Waals surface area contributed by atoms with Gasteiger partial charge in [-0.3, -0.25) is 10.1 Å². The van der Waals surface area contributed by atoms with E-state index in [4.69, 9.17) is 4.98 Å². The number of fused-ring (bicyclic) bond motifs is 2.